The molecule has 0 spiro atoms. The van der Waals surface area contributed by atoms with E-state index < -0.39 is 10.0 Å². The van der Waals surface area contributed by atoms with E-state index in [9.17, 15) is 0 Å². The number of nitrogens with zero attached hydrogens (tertiary/aromatic N) is 1. The molecule has 0 bridgehead atoms. The van der Waals surface area contributed by atoms with Gasteiger partial charge in [0.25, 0.3) is 0 Å². The molecule has 0 saturated heterocycles. The van der Waals surface area contributed by atoms with Gasteiger partial charge < -0.3 is 5.32 Å². The summed E-state index contributed by atoms with van der Waals surface area (Å²) in [5.41, 5.74) is 10.4. The lowest BCUT2D eigenvalue weighted by molar-refractivity contribution is 0.986. The summed E-state index contributed by atoms with van der Waals surface area (Å²) in [5, 5.41) is 6.28. The van der Waals surface area contributed by atoms with Gasteiger partial charge in [-0.1, -0.05) is 158 Å². The van der Waals surface area contributed by atoms with E-state index in [0.29, 0.717) is 6.54 Å². The first-order chi connectivity index (χ1) is 27.1. The fourth-order valence-electron chi connectivity index (χ4n) is 8.10. The molecule has 0 aliphatic carbocycles. The smallest absolute Gasteiger partial charge is 0.0723 e. The molecule has 8 aromatic carbocycles. The second kappa shape index (κ2) is 14.8. The molecule has 1 atom stereocenters. The molecule has 2 nitrogen and oxygen atoms in total. The van der Waals surface area contributed by atoms with E-state index in [4.69, 9.17) is 4.99 Å². The monoisotopic (exact) mass is 726 g/mol. The van der Waals surface area contributed by atoms with Crippen molar-refractivity contribution in [3.63, 3.8) is 0 Å². The highest BCUT2D eigenvalue weighted by molar-refractivity contribution is 8.34. The predicted molar refractivity (Wildman–Crippen MR) is 233 cm³/mol. The summed E-state index contributed by atoms with van der Waals surface area (Å²) in [6.07, 6.45) is 2.01. The molecule has 0 fully saturated rings. The Morgan fingerprint density at radius 2 is 1.24 bits per heavy atom. The van der Waals surface area contributed by atoms with E-state index in [1.54, 1.807) is 0 Å². The topological polar surface area (TPSA) is 24.4 Å². The standard InChI is InChI=1S/C52H42N2S/c1-3-48(54-51-37(2)30-31-39-20-13-14-27-45(39)51)40-21-17-22-41(34-40)52(53-36-38-18-7-4-8-19-38)42-32-33-47-46-28-15-16-29-49(46)55(50(47)35-42,43-23-9-5-10-24-43)44-25-11-6-12-26-44/h3-35,48,54H,1,36H2,2H3. The van der Waals surface area contributed by atoms with Gasteiger partial charge in [-0.15, -0.1) is 16.6 Å². The summed E-state index contributed by atoms with van der Waals surface area (Å²) in [6.45, 7) is 7.03. The molecule has 0 aromatic heterocycles. The maximum Gasteiger partial charge on any atom is 0.0723 e. The van der Waals surface area contributed by atoms with Gasteiger partial charge in [-0.05, 0) is 82.6 Å². The van der Waals surface area contributed by atoms with Crippen LogP contribution in [0.4, 0.5) is 5.69 Å². The fourth-order valence-corrected chi connectivity index (χ4v) is 12.4. The minimum Gasteiger partial charge on any atom is -0.374 e. The largest absolute Gasteiger partial charge is 0.374 e. The van der Waals surface area contributed by atoms with E-state index in [-0.39, 0.29) is 6.04 Å². The summed E-state index contributed by atoms with van der Waals surface area (Å²) in [5.74, 6) is 0. The number of rotatable bonds is 10. The first-order valence-electron chi connectivity index (χ1n) is 18.9. The predicted octanol–water partition coefficient (Wildman–Crippen LogP) is 13.8. The molecule has 9 rings (SSSR count). The Morgan fingerprint density at radius 1 is 0.600 bits per heavy atom. The molecule has 1 N–H and O–H groups in total. The van der Waals surface area contributed by atoms with Crippen molar-refractivity contribution in [2.75, 3.05) is 5.32 Å². The number of hydrogen-bond acceptors (Lipinski definition) is 2. The second-order valence-corrected chi connectivity index (χ2v) is 17.1. The van der Waals surface area contributed by atoms with Crippen molar-refractivity contribution in [3.8, 4) is 11.1 Å². The third-order valence-electron chi connectivity index (χ3n) is 10.7. The molecule has 0 radical (unpaired) electrons. The van der Waals surface area contributed by atoms with Crippen LogP contribution < -0.4 is 5.32 Å². The van der Waals surface area contributed by atoms with Gasteiger partial charge in [0.2, 0.25) is 0 Å². The van der Waals surface area contributed by atoms with Crippen LogP contribution in [0.15, 0.2) is 231 Å². The Labute approximate surface area is 325 Å². The normalized spacial score (nSPS) is 14.1. The van der Waals surface area contributed by atoms with Gasteiger partial charge in [-0.3, -0.25) is 4.99 Å². The molecule has 1 heterocycles. The summed E-state index contributed by atoms with van der Waals surface area (Å²) in [7, 11) is -1.80. The second-order valence-electron chi connectivity index (χ2n) is 14.1. The lowest BCUT2D eigenvalue weighted by Gasteiger charge is -2.39. The highest BCUT2D eigenvalue weighted by Gasteiger charge is 2.42. The van der Waals surface area contributed by atoms with Crippen molar-refractivity contribution < 1.29 is 0 Å². The van der Waals surface area contributed by atoms with Crippen molar-refractivity contribution in [1.29, 1.82) is 0 Å². The number of fused-ring (bicyclic) bond motifs is 4. The zero-order chi connectivity index (χ0) is 37.2. The molecular weight excluding hydrogens is 685 g/mol. The van der Waals surface area contributed by atoms with Crippen LogP contribution in [0.1, 0.15) is 33.9 Å². The number of aryl methyl sites for hydroxylation is 1. The van der Waals surface area contributed by atoms with Crippen LogP contribution in [0, 0.1) is 6.92 Å². The minimum atomic E-state index is -1.80. The van der Waals surface area contributed by atoms with Crippen LogP contribution in [0.5, 0.6) is 0 Å². The third kappa shape index (κ3) is 6.17. The Hall–Kier alpha value is -6.42. The third-order valence-corrected chi connectivity index (χ3v) is 14.7. The molecule has 1 aliphatic rings. The van der Waals surface area contributed by atoms with Gasteiger partial charge >= 0.3 is 0 Å². The van der Waals surface area contributed by atoms with Crippen LogP contribution in [0.25, 0.3) is 21.9 Å². The zero-order valence-corrected chi connectivity index (χ0v) is 31.7. The molecule has 1 unspecified atom stereocenters. The number of benzene rings is 8. The van der Waals surface area contributed by atoms with E-state index in [2.05, 4.69) is 213 Å². The van der Waals surface area contributed by atoms with Gasteiger partial charge in [-0.25, -0.2) is 0 Å². The molecule has 0 amide bonds. The van der Waals surface area contributed by atoms with E-state index in [1.165, 1.54) is 52.6 Å². The number of anilines is 1. The van der Waals surface area contributed by atoms with Crippen molar-refractivity contribution in [3.05, 3.63) is 235 Å². The Morgan fingerprint density at radius 3 is 1.98 bits per heavy atom. The number of aliphatic imine (C=N–C) groups is 1. The Balaban J connectivity index is 1.21. The molecule has 8 aromatic rings. The van der Waals surface area contributed by atoms with Crippen molar-refractivity contribution in [1.82, 2.24) is 0 Å². The lowest BCUT2D eigenvalue weighted by Crippen LogP contribution is -2.12. The van der Waals surface area contributed by atoms with Gasteiger partial charge in [-0.2, -0.15) is 0 Å². The average molecular weight is 727 g/mol. The first-order valence-corrected chi connectivity index (χ1v) is 20.5. The highest BCUT2D eigenvalue weighted by atomic mass is 32.3. The van der Waals surface area contributed by atoms with Crippen LogP contribution in [-0.2, 0) is 6.54 Å². The first kappa shape index (κ1) is 34.4. The fraction of sp³-hybridized carbons (Fsp3) is 0.0577. The van der Waals surface area contributed by atoms with Crippen LogP contribution in [0.2, 0.25) is 0 Å². The molecule has 266 valence electrons. The number of hydrogen-bond donors (Lipinski definition) is 1. The average Bonchev–Trinajstić information content (AvgIpc) is 3.55. The minimum absolute atomic E-state index is 0.109. The SMILES string of the molecule is C=CC(Nc1c(C)ccc2ccccc12)c1cccc(C(=NCc2ccccc2)c2ccc3c(c2)S(c2ccccc2)(c2ccccc2)c2ccccc2-3)c1. The van der Waals surface area contributed by atoms with Crippen LogP contribution >= 0.6 is 10.0 Å². The Kier molecular flexibility index (Phi) is 9.23. The van der Waals surface area contributed by atoms with E-state index >= 15 is 0 Å². The quantitative estimate of drug-likeness (QED) is 0.110. The maximum absolute atomic E-state index is 5.45. The summed E-state index contributed by atoms with van der Waals surface area (Å²) >= 11 is 0. The molecule has 1 aliphatic heterocycles. The zero-order valence-electron chi connectivity index (χ0n) is 30.9. The summed E-state index contributed by atoms with van der Waals surface area (Å²) in [4.78, 5) is 10.8. The molecule has 0 saturated carbocycles. The maximum atomic E-state index is 5.45. The molecule has 55 heavy (non-hydrogen) atoms. The van der Waals surface area contributed by atoms with Crippen LogP contribution in [0.3, 0.4) is 0 Å². The summed E-state index contributed by atoms with van der Waals surface area (Å²) < 4.78 is 0. The highest BCUT2D eigenvalue weighted by Crippen LogP contribution is 2.79. The molecular formula is C52H42N2S. The van der Waals surface area contributed by atoms with Crippen molar-refractivity contribution in [2.24, 2.45) is 4.99 Å². The van der Waals surface area contributed by atoms with Gasteiger partial charge in [0, 0.05) is 41.8 Å². The van der Waals surface area contributed by atoms with Gasteiger partial charge in [0.1, 0.15) is 0 Å². The summed E-state index contributed by atoms with van der Waals surface area (Å²) in [6, 6.07) is 70.5. The lowest BCUT2D eigenvalue weighted by atomic mass is 9.95. The van der Waals surface area contributed by atoms with E-state index in [0.717, 1.165) is 28.1 Å². The van der Waals surface area contributed by atoms with Gasteiger partial charge in [0.05, 0.1) is 18.3 Å². The van der Waals surface area contributed by atoms with Crippen molar-refractivity contribution >= 4 is 32.2 Å². The van der Waals surface area contributed by atoms with Crippen molar-refractivity contribution in [2.45, 2.75) is 39.1 Å². The van der Waals surface area contributed by atoms with Gasteiger partial charge in [0.15, 0.2) is 0 Å². The van der Waals surface area contributed by atoms with E-state index in [1.807, 2.05) is 6.08 Å². The Bertz CT molecular complexity index is 2640. The van der Waals surface area contributed by atoms with Crippen LogP contribution in [-0.4, -0.2) is 5.71 Å². The number of nitrogens with one attached hydrogen (secondary N) is 1. The molecule has 3 heteroatoms.